The highest BCUT2D eigenvalue weighted by atomic mass is 16.2. The number of para-hydroxylation sites is 1. The first-order chi connectivity index (χ1) is 22.4. The van der Waals surface area contributed by atoms with Crippen LogP contribution in [0.2, 0.25) is 0 Å². The zero-order valence-electron chi connectivity index (χ0n) is 25.5. The van der Waals surface area contributed by atoms with Crippen molar-refractivity contribution in [3.63, 3.8) is 0 Å². The van der Waals surface area contributed by atoms with E-state index in [0.717, 1.165) is 38.5 Å². The minimum absolute atomic E-state index is 0.208. The average molecular weight is 592 g/mol. The van der Waals surface area contributed by atoms with E-state index in [-0.39, 0.29) is 22.6 Å². The molecule has 0 N–H and O–H groups in total. The molecule has 1 aliphatic heterocycles. The van der Waals surface area contributed by atoms with E-state index in [1.807, 2.05) is 42.5 Å². The predicted molar refractivity (Wildman–Crippen MR) is 189 cm³/mol. The lowest BCUT2D eigenvalue weighted by Crippen LogP contribution is -2.30. The van der Waals surface area contributed by atoms with Gasteiger partial charge in [0.25, 0.3) is 0 Å². The summed E-state index contributed by atoms with van der Waals surface area (Å²) in [6.07, 6.45) is 1.76. The summed E-state index contributed by atoms with van der Waals surface area (Å²) in [5.74, 6) is -0.417. The lowest BCUT2D eigenvalue weighted by Gasteiger charge is -2.42. The van der Waals surface area contributed by atoms with Gasteiger partial charge in [-0.1, -0.05) is 105 Å². The molecule has 3 nitrogen and oxygen atoms in total. The van der Waals surface area contributed by atoms with Gasteiger partial charge >= 0.3 is 0 Å². The molecule has 0 bridgehead atoms. The molecule has 2 aliphatic rings. The first kappa shape index (κ1) is 26.6. The SMILES string of the molecule is CC1(C)c2ccccc2N(c2ccc3ccccc3c2)c2ccc3cc(C=C4C(=O)c5cc6ccccc6cc5C4=O)ccc3c21. The summed E-state index contributed by atoms with van der Waals surface area (Å²) in [4.78, 5) is 29.3. The van der Waals surface area contributed by atoms with Gasteiger partial charge in [0.15, 0.2) is 11.6 Å². The number of fused-ring (bicyclic) bond motifs is 7. The molecule has 0 atom stereocenters. The standard InChI is InChI=1S/C43H29NO2/c1-43(2)37-13-7-8-14-38(37)44(32-18-16-27-9-3-4-10-28(27)23-32)39-20-17-31-21-26(15-19-33(31)40(39)43)22-36-41(45)34-24-29-11-5-6-12-30(29)25-35(34)42(36)46/h3-25H,1-2H3. The fourth-order valence-electron chi connectivity index (χ4n) is 7.63. The third-order valence-electron chi connectivity index (χ3n) is 9.87. The maximum absolute atomic E-state index is 13.5. The summed E-state index contributed by atoms with van der Waals surface area (Å²) in [6, 6.07) is 46.0. The van der Waals surface area contributed by atoms with Gasteiger partial charge in [-0.15, -0.1) is 0 Å². The molecular weight excluding hydrogens is 562 g/mol. The molecule has 46 heavy (non-hydrogen) atoms. The molecule has 0 unspecified atom stereocenters. The van der Waals surface area contributed by atoms with Crippen LogP contribution in [0.1, 0.15) is 51.3 Å². The maximum atomic E-state index is 13.5. The van der Waals surface area contributed by atoms with Crippen molar-refractivity contribution in [3.8, 4) is 0 Å². The quantitative estimate of drug-likeness (QED) is 0.148. The number of carbonyl (C=O) groups excluding carboxylic acids is 2. The van der Waals surface area contributed by atoms with E-state index in [9.17, 15) is 9.59 Å². The maximum Gasteiger partial charge on any atom is 0.197 e. The van der Waals surface area contributed by atoms with Crippen LogP contribution in [0.25, 0.3) is 38.4 Å². The van der Waals surface area contributed by atoms with E-state index in [1.165, 1.54) is 27.6 Å². The smallest absolute Gasteiger partial charge is 0.197 e. The van der Waals surface area contributed by atoms with Gasteiger partial charge in [-0.3, -0.25) is 9.59 Å². The molecule has 0 spiro atoms. The fourth-order valence-corrected chi connectivity index (χ4v) is 7.63. The van der Waals surface area contributed by atoms with Crippen molar-refractivity contribution in [1.29, 1.82) is 0 Å². The summed E-state index contributed by atoms with van der Waals surface area (Å²) in [6.45, 7) is 4.60. The third kappa shape index (κ3) is 3.78. The lowest BCUT2D eigenvalue weighted by molar-refractivity contribution is 0.0990. The van der Waals surface area contributed by atoms with Crippen LogP contribution < -0.4 is 4.90 Å². The summed E-state index contributed by atoms with van der Waals surface area (Å²) in [5.41, 5.74) is 7.74. The number of benzene rings is 7. The molecule has 0 aromatic heterocycles. The topological polar surface area (TPSA) is 37.4 Å². The van der Waals surface area contributed by atoms with Gasteiger partial charge in [-0.25, -0.2) is 0 Å². The van der Waals surface area contributed by atoms with Crippen LogP contribution in [0.4, 0.5) is 17.1 Å². The number of anilines is 3. The molecule has 0 amide bonds. The first-order valence-electron chi connectivity index (χ1n) is 15.7. The Bertz CT molecular complexity index is 2440. The number of hydrogen-bond acceptors (Lipinski definition) is 3. The van der Waals surface area contributed by atoms with Crippen molar-refractivity contribution in [1.82, 2.24) is 0 Å². The molecule has 0 saturated heterocycles. The molecule has 218 valence electrons. The predicted octanol–water partition coefficient (Wildman–Crippen LogP) is 10.7. The van der Waals surface area contributed by atoms with Crippen LogP contribution in [0.3, 0.4) is 0 Å². The van der Waals surface area contributed by atoms with E-state index < -0.39 is 0 Å². The van der Waals surface area contributed by atoms with Gasteiger partial charge in [0, 0.05) is 22.2 Å². The minimum Gasteiger partial charge on any atom is -0.310 e. The van der Waals surface area contributed by atoms with E-state index in [1.54, 1.807) is 6.08 Å². The van der Waals surface area contributed by atoms with Gasteiger partial charge in [0.1, 0.15) is 0 Å². The minimum atomic E-state index is -0.264. The van der Waals surface area contributed by atoms with Crippen molar-refractivity contribution in [2.75, 3.05) is 4.90 Å². The Morgan fingerprint density at radius 2 is 1.15 bits per heavy atom. The number of rotatable bonds is 2. The molecule has 1 heterocycles. The number of allylic oxidation sites excluding steroid dienone is 1. The summed E-state index contributed by atoms with van der Waals surface area (Å²) in [5, 5.41) is 6.56. The zero-order valence-corrected chi connectivity index (χ0v) is 25.5. The highest BCUT2D eigenvalue weighted by Crippen LogP contribution is 2.54. The number of hydrogen-bond donors (Lipinski definition) is 0. The van der Waals surface area contributed by atoms with Gasteiger partial charge < -0.3 is 4.90 Å². The second-order valence-corrected chi connectivity index (χ2v) is 12.9. The summed E-state index contributed by atoms with van der Waals surface area (Å²) in [7, 11) is 0. The number of ketones is 2. The zero-order chi connectivity index (χ0) is 31.2. The third-order valence-corrected chi connectivity index (χ3v) is 9.87. The lowest BCUT2D eigenvalue weighted by atomic mass is 9.71. The van der Waals surface area contributed by atoms with Crippen LogP contribution in [0, 0.1) is 0 Å². The van der Waals surface area contributed by atoms with Gasteiger partial charge in [0.2, 0.25) is 0 Å². The van der Waals surface area contributed by atoms with Crippen LogP contribution in [-0.2, 0) is 5.41 Å². The van der Waals surface area contributed by atoms with Crippen molar-refractivity contribution >= 4 is 67.0 Å². The van der Waals surface area contributed by atoms with Crippen molar-refractivity contribution < 1.29 is 9.59 Å². The van der Waals surface area contributed by atoms with E-state index in [2.05, 4.69) is 110 Å². The Kier molecular flexibility index (Phi) is 5.55. The second-order valence-electron chi connectivity index (χ2n) is 12.9. The second kappa shape index (κ2) is 9.60. The van der Waals surface area contributed by atoms with Crippen LogP contribution in [0.15, 0.2) is 139 Å². The molecule has 0 saturated carbocycles. The molecular formula is C43H29NO2. The van der Waals surface area contributed by atoms with Crippen molar-refractivity contribution in [3.05, 3.63) is 167 Å². The monoisotopic (exact) mass is 591 g/mol. The Hall–Kier alpha value is -5.80. The molecule has 9 rings (SSSR count). The van der Waals surface area contributed by atoms with E-state index >= 15 is 0 Å². The molecule has 0 radical (unpaired) electrons. The van der Waals surface area contributed by atoms with Gasteiger partial charge in [-0.05, 0) is 97.5 Å². The average Bonchev–Trinajstić information content (AvgIpc) is 3.30. The first-order valence-corrected chi connectivity index (χ1v) is 15.7. The molecule has 1 aliphatic carbocycles. The summed E-state index contributed by atoms with van der Waals surface area (Å²) < 4.78 is 0. The number of carbonyl (C=O) groups is 2. The van der Waals surface area contributed by atoms with Crippen LogP contribution in [0.5, 0.6) is 0 Å². The Balaban J connectivity index is 1.19. The Morgan fingerprint density at radius 3 is 1.87 bits per heavy atom. The Labute approximate surface area is 267 Å². The number of Topliss-reactive ketones (excluding diaryl/α,β-unsaturated/α-hetero) is 2. The van der Waals surface area contributed by atoms with E-state index in [0.29, 0.717) is 11.1 Å². The molecule has 7 aromatic carbocycles. The fraction of sp³-hybridized carbons (Fsp3) is 0.0698. The highest BCUT2D eigenvalue weighted by molar-refractivity contribution is 6.42. The van der Waals surface area contributed by atoms with Gasteiger partial charge in [-0.2, -0.15) is 0 Å². The van der Waals surface area contributed by atoms with Crippen molar-refractivity contribution in [2.45, 2.75) is 19.3 Å². The van der Waals surface area contributed by atoms with Crippen LogP contribution in [-0.4, -0.2) is 11.6 Å². The van der Waals surface area contributed by atoms with Crippen LogP contribution >= 0.6 is 0 Å². The highest BCUT2D eigenvalue weighted by Gasteiger charge is 2.38. The van der Waals surface area contributed by atoms with Gasteiger partial charge in [0.05, 0.1) is 16.9 Å². The molecule has 0 fully saturated rings. The Morgan fingerprint density at radius 1 is 0.543 bits per heavy atom. The largest absolute Gasteiger partial charge is 0.310 e. The van der Waals surface area contributed by atoms with E-state index in [4.69, 9.17) is 0 Å². The summed E-state index contributed by atoms with van der Waals surface area (Å²) >= 11 is 0. The molecule has 7 aromatic rings. The number of nitrogens with zero attached hydrogens (tertiary/aromatic N) is 1. The van der Waals surface area contributed by atoms with Crippen molar-refractivity contribution in [2.24, 2.45) is 0 Å². The normalized spacial score (nSPS) is 14.9. The molecule has 3 heteroatoms.